The van der Waals surface area contributed by atoms with Gasteiger partial charge in [-0.3, -0.25) is 9.59 Å². The zero-order valence-corrected chi connectivity index (χ0v) is 13.6. The molecule has 0 aliphatic heterocycles. The molecule has 24 heavy (non-hydrogen) atoms. The highest BCUT2D eigenvalue weighted by molar-refractivity contribution is 5.89. The number of alkyl halides is 2. The molecule has 132 valence electrons. The smallest absolute Gasteiger partial charge is 0.352 e. The van der Waals surface area contributed by atoms with Crippen LogP contribution in [0.2, 0.25) is 0 Å². The molecule has 0 heterocycles. The Labute approximate surface area is 139 Å². The number of nitrogens with one attached hydrogen (secondary N) is 1. The van der Waals surface area contributed by atoms with E-state index in [0.717, 1.165) is 5.56 Å². The lowest BCUT2D eigenvalue weighted by atomic mass is 9.75. The Hall–Kier alpha value is -2.02. The van der Waals surface area contributed by atoms with Crippen LogP contribution >= 0.6 is 0 Å². The summed E-state index contributed by atoms with van der Waals surface area (Å²) >= 11 is 0. The van der Waals surface area contributed by atoms with Crippen LogP contribution in [-0.2, 0) is 16.1 Å². The van der Waals surface area contributed by atoms with Crippen molar-refractivity contribution in [2.45, 2.75) is 44.3 Å². The first kappa shape index (κ1) is 18.3. The normalized spacial score (nSPS) is 16.2. The minimum Gasteiger partial charge on any atom is -0.383 e. The number of carbonyl (C=O) groups is 2. The number of aliphatic hydroxyl groups is 1. The number of hydrogen-bond acceptors (Lipinski definition) is 3. The Morgan fingerprint density at radius 3 is 2.42 bits per heavy atom. The largest absolute Gasteiger partial charge is 0.383 e. The lowest BCUT2D eigenvalue weighted by molar-refractivity contribution is -0.216. The van der Waals surface area contributed by atoms with Crippen LogP contribution in [0.1, 0.15) is 31.7 Å². The number of amides is 2. The minimum absolute atomic E-state index is 0.115. The van der Waals surface area contributed by atoms with E-state index in [4.69, 9.17) is 0 Å². The maximum absolute atomic E-state index is 13.9. The average Bonchev–Trinajstić information content (AvgIpc) is 2.55. The maximum atomic E-state index is 13.9. The van der Waals surface area contributed by atoms with Crippen molar-refractivity contribution in [3.8, 4) is 0 Å². The summed E-state index contributed by atoms with van der Waals surface area (Å²) < 4.78 is 27.9. The summed E-state index contributed by atoms with van der Waals surface area (Å²) in [5.41, 5.74) is -1.37. The third-order valence-corrected chi connectivity index (χ3v) is 4.40. The summed E-state index contributed by atoms with van der Waals surface area (Å²) in [6.45, 7) is 1.98. The standard InChI is InChI=1S/C17H22F2N2O3/c1-2-21(12-13-7-4-3-5-8-13)14(22)11-20-15(23)17(18,19)16(24)9-6-10-16/h3-5,7-8,24H,2,6,9-12H2,1H3,(H,20,23). The highest BCUT2D eigenvalue weighted by Crippen LogP contribution is 2.44. The zero-order chi connectivity index (χ0) is 17.8. The molecule has 0 spiro atoms. The Balaban J connectivity index is 1.90. The molecule has 7 heteroatoms. The lowest BCUT2D eigenvalue weighted by Crippen LogP contribution is -2.61. The highest BCUT2D eigenvalue weighted by atomic mass is 19.3. The quantitative estimate of drug-likeness (QED) is 0.794. The van der Waals surface area contributed by atoms with Gasteiger partial charge >= 0.3 is 5.92 Å². The molecule has 0 unspecified atom stereocenters. The van der Waals surface area contributed by atoms with E-state index >= 15 is 0 Å². The summed E-state index contributed by atoms with van der Waals surface area (Å²) in [6, 6.07) is 9.25. The third-order valence-electron chi connectivity index (χ3n) is 4.40. The van der Waals surface area contributed by atoms with E-state index in [1.54, 1.807) is 6.92 Å². The predicted molar refractivity (Wildman–Crippen MR) is 84.3 cm³/mol. The van der Waals surface area contributed by atoms with E-state index < -0.39 is 29.9 Å². The SMILES string of the molecule is CCN(Cc1ccccc1)C(=O)CNC(=O)C(F)(F)C1(O)CCC1. The van der Waals surface area contributed by atoms with Gasteiger partial charge in [0, 0.05) is 13.1 Å². The van der Waals surface area contributed by atoms with Crippen LogP contribution in [0.5, 0.6) is 0 Å². The molecule has 2 rings (SSSR count). The number of benzene rings is 1. The molecule has 2 amide bonds. The van der Waals surface area contributed by atoms with Gasteiger partial charge in [0.05, 0.1) is 6.54 Å². The molecule has 1 saturated carbocycles. The zero-order valence-electron chi connectivity index (χ0n) is 13.6. The van der Waals surface area contributed by atoms with Crippen molar-refractivity contribution < 1.29 is 23.5 Å². The van der Waals surface area contributed by atoms with Crippen molar-refractivity contribution in [2.75, 3.05) is 13.1 Å². The third kappa shape index (κ3) is 3.72. The van der Waals surface area contributed by atoms with Crippen molar-refractivity contribution in [3.05, 3.63) is 35.9 Å². The Morgan fingerprint density at radius 2 is 1.92 bits per heavy atom. The second kappa shape index (κ2) is 7.25. The summed E-state index contributed by atoms with van der Waals surface area (Å²) in [5.74, 6) is -5.94. The molecular weight excluding hydrogens is 318 g/mol. The molecule has 0 aromatic heterocycles. The number of nitrogens with zero attached hydrogens (tertiary/aromatic N) is 1. The van der Waals surface area contributed by atoms with Crippen molar-refractivity contribution in [2.24, 2.45) is 0 Å². The van der Waals surface area contributed by atoms with E-state index in [1.165, 1.54) is 4.90 Å². The molecule has 0 radical (unpaired) electrons. The molecule has 0 atom stereocenters. The second-order valence-corrected chi connectivity index (χ2v) is 6.04. The fraction of sp³-hybridized carbons (Fsp3) is 0.529. The predicted octanol–water partition coefficient (Wildman–Crippen LogP) is 1.70. The van der Waals surface area contributed by atoms with Crippen LogP contribution in [0.4, 0.5) is 8.78 Å². The van der Waals surface area contributed by atoms with Crippen LogP contribution in [0.25, 0.3) is 0 Å². The van der Waals surface area contributed by atoms with Gasteiger partial charge in [0.2, 0.25) is 5.91 Å². The van der Waals surface area contributed by atoms with Gasteiger partial charge in [-0.25, -0.2) is 0 Å². The Bertz CT molecular complexity index is 589. The van der Waals surface area contributed by atoms with Crippen LogP contribution in [0.15, 0.2) is 30.3 Å². The monoisotopic (exact) mass is 340 g/mol. The number of likely N-dealkylation sites (N-methyl/N-ethyl adjacent to an activating group) is 1. The molecule has 0 bridgehead atoms. The first-order valence-corrected chi connectivity index (χ1v) is 8.00. The van der Waals surface area contributed by atoms with Gasteiger partial charge in [0.15, 0.2) is 0 Å². The van der Waals surface area contributed by atoms with Crippen LogP contribution in [0.3, 0.4) is 0 Å². The summed E-state index contributed by atoms with van der Waals surface area (Å²) in [5, 5.41) is 11.7. The molecule has 2 N–H and O–H groups in total. The fourth-order valence-corrected chi connectivity index (χ4v) is 2.60. The molecule has 1 aromatic rings. The van der Waals surface area contributed by atoms with Crippen molar-refractivity contribution >= 4 is 11.8 Å². The second-order valence-electron chi connectivity index (χ2n) is 6.04. The van der Waals surface area contributed by atoms with E-state index in [2.05, 4.69) is 0 Å². The van der Waals surface area contributed by atoms with E-state index in [0.29, 0.717) is 19.5 Å². The molecule has 5 nitrogen and oxygen atoms in total. The summed E-state index contributed by atoms with van der Waals surface area (Å²) in [4.78, 5) is 25.3. The molecule has 1 aliphatic carbocycles. The number of carbonyl (C=O) groups excluding carboxylic acids is 2. The average molecular weight is 340 g/mol. The maximum Gasteiger partial charge on any atom is 0.352 e. The topological polar surface area (TPSA) is 69.6 Å². The number of rotatable bonds is 7. The molecule has 1 aliphatic rings. The fourth-order valence-electron chi connectivity index (χ4n) is 2.60. The van der Waals surface area contributed by atoms with Gasteiger partial charge in [-0.15, -0.1) is 0 Å². The number of halogens is 2. The van der Waals surface area contributed by atoms with E-state index in [-0.39, 0.29) is 12.8 Å². The van der Waals surface area contributed by atoms with Gasteiger partial charge in [-0.1, -0.05) is 30.3 Å². The van der Waals surface area contributed by atoms with Crippen molar-refractivity contribution in [1.29, 1.82) is 0 Å². The number of hydrogen-bond donors (Lipinski definition) is 2. The van der Waals surface area contributed by atoms with Gasteiger partial charge in [0.1, 0.15) is 5.60 Å². The summed E-state index contributed by atoms with van der Waals surface area (Å²) in [6.07, 6.45) is 0.228. The molecule has 1 fully saturated rings. The van der Waals surface area contributed by atoms with Gasteiger partial charge in [-0.05, 0) is 31.7 Å². The van der Waals surface area contributed by atoms with Crippen LogP contribution in [0, 0.1) is 0 Å². The molecule has 0 saturated heterocycles. The van der Waals surface area contributed by atoms with Crippen LogP contribution in [-0.4, -0.2) is 46.4 Å². The van der Waals surface area contributed by atoms with E-state index in [1.807, 2.05) is 35.6 Å². The summed E-state index contributed by atoms with van der Waals surface area (Å²) in [7, 11) is 0. The highest BCUT2D eigenvalue weighted by Gasteiger charge is 2.61. The lowest BCUT2D eigenvalue weighted by Gasteiger charge is -2.41. The molecular formula is C17H22F2N2O3. The van der Waals surface area contributed by atoms with E-state index in [9.17, 15) is 23.5 Å². The van der Waals surface area contributed by atoms with Gasteiger partial charge in [-0.2, -0.15) is 8.78 Å². The van der Waals surface area contributed by atoms with Crippen molar-refractivity contribution in [1.82, 2.24) is 10.2 Å². The Kier molecular flexibility index (Phi) is 5.54. The molecule has 1 aromatic carbocycles. The first-order chi connectivity index (χ1) is 11.3. The van der Waals surface area contributed by atoms with Gasteiger partial charge in [0.25, 0.3) is 5.91 Å². The Morgan fingerprint density at radius 1 is 1.29 bits per heavy atom. The van der Waals surface area contributed by atoms with Crippen LogP contribution < -0.4 is 5.32 Å². The first-order valence-electron chi connectivity index (χ1n) is 8.00. The van der Waals surface area contributed by atoms with Gasteiger partial charge < -0.3 is 15.3 Å². The minimum atomic E-state index is -3.89. The van der Waals surface area contributed by atoms with Crippen molar-refractivity contribution in [3.63, 3.8) is 0 Å².